The molecule has 2 aromatic carbocycles. The Morgan fingerprint density at radius 1 is 1.00 bits per heavy atom. The number of nitrogens with one attached hydrogen (secondary N) is 2. The lowest BCUT2D eigenvalue weighted by Gasteiger charge is -2.32. The first-order valence-corrected chi connectivity index (χ1v) is 10.3. The smallest absolute Gasteiger partial charge is 0.261 e. The van der Waals surface area contributed by atoms with Gasteiger partial charge in [0, 0.05) is 26.2 Å². The fourth-order valence-corrected chi connectivity index (χ4v) is 3.42. The third-order valence-corrected chi connectivity index (χ3v) is 5.06. The molecule has 1 heterocycles. The zero-order valence-electron chi connectivity index (χ0n) is 17.2. The number of piperazine rings is 1. The van der Waals surface area contributed by atoms with Gasteiger partial charge in [0.2, 0.25) is 0 Å². The van der Waals surface area contributed by atoms with E-state index in [2.05, 4.69) is 15.5 Å². The Bertz CT molecular complexity index is 926. The number of nitrogens with zero attached hydrogens (tertiary/aromatic N) is 2. The van der Waals surface area contributed by atoms with Crippen LogP contribution in [0.25, 0.3) is 0 Å². The average molecular weight is 427 g/mol. The van der Waals surface area contributed by atoms with Crippen LogP contribution in [0.2, 0.25) is 0 Å². The van der Waals surface area contributed by atoms with Gasteiger partial charge < -0.3 is 19.9 Å². The molecule has 1 aliphatic heterocycles. The number of amides is 2. The predicted molar refractivity (Wildman–Crippen MR) is 121 cm³/mol. The van der Waals surface area contributed by atoms with E-state index in [4.69, 9.17) is 17.0 Å². The van der Waals surface area contributed by atoms with Crippen LogP contribution in [0.1, 0.15) is 27.6 Å². The van der Waals surface area contributed by atoms with Crippen LogP contribution in [0, 0.1) is 0 Å². The number of anilines is 1. The van der Waals surface area contributed by atoms with Crippen molar-refractivity contribution in [3.8, 4) is 5.75 Å². The van der Waals surface area contributed by atoms with Crippen molar-refractivity contribution < 1.29 is 14.3 Å². The Morgan fingerprint density at radius 3 is 2.33 bits per heavy atom. The average Bonchev–Trinajstić information content (AvgIpc) is 2.74. The molecule has 2 amide bonds. The number of rotatable bonds is 5. The zero-order chi connectivity index (χ0) is 21.5. The van der Waals surface area contributed by atoms with Crippen molar-refractivity contribution in [3.63, 3.8) is 0 Å². The van der Waals surface area contributed by atoms with Crippen molar-refractivity contribution in [1.82, 2.24) is 15.1 Å². The molecule has 0 unspecified atom stereocenters. The minimum atomic E-state index is -0.376. The molecule has 0 bridgehead atoms. The van der Waals surface area contributed by atoms with E-state index in [0.29, 0.717) is 42.3 Å². The quantitative estimate of drug-likeness (QED) is 0.716. The molecule has 0 saturated carbocycles. The van der Waals surface area contributed by atoms with Crippen LogP contribution in [0.4, 0.5) is 5.69 Å². The molecular formula is C22H26N4O3S. The molecule has 1 aliphatic rings. The summed E-state index contributed by atoms with van der Waals surface area (Å²) in [6, 6.07) is 14.1. The van der Waals surface area contributed by atoms with E-state index in [1.54, 1.807) is 36.4 Å². The van der Waals surface area contributed by atoms with Gasteiger partial charge in [0.1, 0.15) is 5.75 Å². The van der Waals surface area contributed by atoms with Gasteiger partial charge in [-0.2, -0.15) is 0 Å². The second-order valence-corrected chi connectivity index (χ2v) is 7.39. The van der Waals surface area contributed by atoms with Gasteiger partial charge in [-0.3, -0.25) is 14.9 Å². The summed E-state index contributed by atoms with van der Waals surface area (Å²) in [5.74, 6) is 0.0624. The van der Waals surface area contributed by atoms with Crippen LogP contribution in [0.3, 0.4) is 0 Å². The topological polar surface area (TPSA) is 73.9 Å². The van der Waals surface area contributed by atoms with Gasteiger partial charge in [0.05, 0.1) is 23.4 Å². The molecule has 3 rings (SSSR count). The summed E-state index contributed by atoms with van der Waals surface area (Å²) in [5, 5.41) is 5.77. The van der Waals surface area contributed by atoms with E-state index in [1.165, 1.54) is 0 Å². The molecule has 0 aromatic heterocycles. The molecule has 2 N–H and O–H groups in total. The molecule has 2 aromatic rings. The lowest BCUT2D eigenvalue weighted by atomic mass is 10.1. The number of ether oxygens (including phenoxy) is 1. The van der Waals surface area contributed by atoms with Crippen molar-refractivity contribution in [3.05, 3.63) is 59.7 Å². The summed E-state index contributed by atoms with van der Waals surface area (Å²) in [5.41, 5.74) is 1.48. The van der Waals surface area contributed by atoms with Crippen molar-refractivity contribution in [2.45, 2.75) is 6.92 Å². The Labute approximate surface area is 182 Å². The summed E-state index contributed by atoms with van der Waals surface area (Å²) in [6.45, 7) is 5.35. The molecule has 1 saturated heterocycles. The number of likely N-dealkylation sites (N-methyl/N-ethyl adjacent to an activating group) is 1. The van der Waals surface area contributed by atoms with Gasteiger partial charge in [-0.25, -0.2) is 0 Å². The van der Waals surface area contributed by atoms with E-state index >= 15 is 0 Å². The van der Waals surface area contributed by atoms with Gasteiger partial charge in [0.25, 0.3) is 11.8 Å². The summed E-state index contributed by atoms with van der Waals surface area (Å²) in [4.78, 5) is 29.7. The first kappa shape index (κ1) is 21.7. The Hall–Kier alpha value is -2.97. The van der Waals surface area contributed by atoms with E-state index in [1.807, 2.05) is 31.0 Å². The van der Waals surface area contributed by atoms with Crippen molar-refractivity contribution in [2.24, 2.45) is 0 Å². The van der Waals surface area contributed by atoms with Gasteiger partial charge in [-0.05, 0) is 50.5 Å². The minimum absolute atomic E-state index is 0.0537. The Balaban J connectivity index is 1.69. The molecule has 8 heteroatoms. The van der Waals surface area contributed by atoms with E-state index in [9.17, 15) is 9.59 Å². The zero-order valence-corrected chi connectivity index (χ0v) is 18.0. The second kappa shape index (κ2) is 10.2. The number of para-hydroxylation sites is 2. The maximum absolute atomic E-state index is 13.0. The number of hydrogen-bond acceptors (Lipinski definition) is 5. The highest BCUT2D eigenvalue weighted by Gasteiger charge is 2.23. The highest BCUT2D eigenvalue weighted by atomic mass is 32.1. The first-order valence-electron chi connectivity index (χ1n) is 9.90. The fraction of sp³-hybridized carbons (Fsp3) is 0.318. The summed E-state index contributed by atoms with van der Waals surface area (Å²) >= 11 is 5.32. The SMILES string of the molecule is CCOc1ccccc1C(=O)NC(=S)Nc1ccccc1C(=O)N1CCN(C)CC1. The highest BCUT2D eigenvalue weighted by Crippen LogP contribution is 2.20. The maximum atomic E-state index is 13.0. The van der Waals surface area contributed by atoms with Gasteiger partial charge >= 0.3 is 0 Å². The number of carbonyl (C=O) groups excluding carboxylic acids is 2. The van der Waals surface area contributed by atoms with Crippen LogP contribution >= 0.6 is 12.2 Å². The maximum Gasteiger partial charge on any atom is 0.261 e. The third kappa shape index (κ3) is 5.34. The number of hydrogen-bond donors (Lipinski definition) is 2. The third-order valence-electron chi connectivity index (χ3n) is 4.85. The first-order chi connectivity index (χ1) is 14.5. The molecule has 158 valence electrons. The van der Waals surface area contributed by atoms with Crippen molar-refractivity contribution in [1.29, 1.82) is 0 Å². The van der Waals surface area contributed by atoms with Crippen LogP contribution in [0.5, 0.6) is 5.75 Å². The van der Waals surface area contributed by atoms with Crippen molar-refractivity contribution >= 4 is 34.8 Å². The van der Waals surface area contributed by atoms with E-state index in [-0.39, 0.29) is 16.9 Å². The van der Waals surface area contributed by atoms with Gasteiger partial charge in [0.15, 0.2) is 5.11 Å². The monoisotopic (exact) mass is 426 g/mol. The summed E-state index contributed by atoms with van der Waals surface area (Å²) in [7, 11) is 2.04. The molecule has 1 fully saturated rings. The molecule has 7 nitrogen and oxygen atoms in total. The highest BCUT2D eigenvalue weighted by molar-refractivity contribution is 7.80. The molecule has 0 radical (unpaired) electrons. The van der Waals surface area contributed by atoms with Crippen LogP contribution in [-0.2, 0) is 0 Å². The molecule has 0 aliphatic carbocycles. The Morgan fingerprint density at radius 2 is 1.63 bits per heavy atom. The predicted octanol–water partition coefficient (Wildman–Crippen LogP) is 2.60. The second-order valence-electron chi connectivity index (χ2n) is 6.98. The van der Waals surface area contributed by atoms with Crippen LogP contribution in [-0.4, -0.2) is 66.6 Å². The Kier molecular flexibility index (Phi) is 7.37. The van der Waals surface area contributed by atoms with Crippen LogP contribution in [0.15, 0.2) is 48.5 Å². The fourth-order valence-electron chi connectivity index (χ4n) is 3.22. The van der Waals surface area contributed by atoms with Crippen molar-refractivity contribution in [2.75, 3.05) is 45.2 Å². The van der Waals surface area contributed by atoms with Crippen LogP contribution < -0.4 is 15.4 Å². The molecule has 0 spiro atoms. The standard InChI is InChI=1S/C22H26N4O3S/c1-3-29-19-11-7-5-9-17(19)20(27)24-22(30)23-18-10-6-4-8-16(18)21(28)26-14-12-25(2)13-15-26/h4-11H,3,12-15H2,1-2H3,(H2,23,24,27,30). The largest absolute Gasteiger partial charge is 0.493 e. The van der Waals surface area contributed by atoms with Gasteiger partial charge in [-0.1, -0.05) is 24.3 Å². The molecular weight excluding hydrogens is 400 g/mol. The summed E-state index contributed by atoms with van der Waals surface area (Å²) < 4.78 is 5.51. The molecule has 30 heavy (non-hydrogen) atoms. The van der Waals surface area contributed by atoms with E-state index < -0.39 is 0 Å². The van der Waals surface area contributed by atoms with E-state index in [0.717, 1.165) is 13.1 Å². The number of carbonyl (C=O) groups is 2. The lowest BCUT2D eigenvalue weighted by molar-refractivity contribution is 0.0665. The summed E-state index contributed by atoms with van der Waals surface area (Å²) in [6.07, 6.45) is 0. The van der Waals surface area contributed by atoms with Gasteiger partial charge in [-0.15, -0.1) is 0 Å². The minimum Gasteiger partial charge on any atom is -0.493 e. The number of thiocarbonyl (C=S) groups is 1. The normalized spacial score (nSPS) is 14.1. The lowest BCUT2D eigenvalue weighted by Crippen LogP contribution is -2.47. The molecule has 0 atom stereocenters. The number of benzene rings is 2.